The van der Waals surface area contributed by atoms with Gasteiger partial charge in [0.05, 0.1) is 30.8 Å². The minimum Gasteiger partial charge on any atom is -0.373 e. The summed E-state index contributed by atoms with van der Waals surface area (Å²) in [5, 5.41) is 0.538. The molecule has 0 aromatic heterocycles. The maximum atomic E-state index is 11.6. The quantitative estimate of drug-likeness (QED) is 0.664. The largest absolute Gasteiger partial charge is 0.373 e. The van der Waals surface area contributed by atoms with Gasteiger partial charge in [-0.25, -0.2) is 4.79 Å². The third kappa shape index (κ3) is 6.53. The molecule has 0 radical (unpaired) electrons. The van der Waals surface area contributed by atoms with Crippen molar-refractivity contribution in [1.29, 1.82) is 0 Å². The van der Waals surface area contributed by atoms with E-state index in [9.17, 15) is 14.4 Å². The van der Waals surface area contributed by atoms with Gasteiger partial charge in [-0.05, 0) is 34.6 Å². The normalized spacial score (nSPS) is 16.3. The van der Waals surface area contributed by atoms with Crippen molar-refractivity contribution in [3.63, 3.8) is 0 Å². The van der Waals surface area contributed by atoms with E-state index in [0.29, 0.717) is 11.7 Å². The smallest absolute Gasteiger partial charge is 0.335 e. The van der Waals surface area contributed by atoms with Crippen molar-refractivity contribution in [2.24, 2.45) is 0 Å². The Hall–Kier alpha value is -1.47. The first kappa shape index (κ1) is 18.6. The van der Waals surface area contributed by atoms with E-state index in [4.69, 9.17) is 14.3 Å². The molecule has 126 valence electrons. The third-order valence-corrected chi connectivity index (χ3v) is 2.85. The van der Waals surface area contributed by atoms with E-state index in [1.807, 2.05) is 34.6 Å². The predicted octanol–water partition coefficient (Wildman–Crippen LogP) is 1.59. The van der Waals surface area contributed by atoms with E-state index < -0.39 is 23.4 Å². The number of imide groups is 1. The summed E-state index contributed by atoms with van der Waals surface area (Å²) in [6, 6.07) is 0. The number of carbonyl (C=O) groups excluding carboxylic acids is 3. The number of carbonyl (C=O) groups is 3. The SMILES string of the molecule is CC(C)(C)OCC(C)(C)OCCC(=O)ON1C(=O)CCC1=O. The minimum atomic E-state index is -0.670. The molecule has 0 aromatic carbocycles. The molecule has 0 aromatic rings. The Kier molecular flexibility index (Phi) is 6.08. The van der Waals surface area contributed by atoms with Crippen LogP contribution in [0, 0.1) is 0 Å². The van der Waals surface area contributed by atoms with Gasteiger partial charge < -0.3 is 14.3 Å². The summed E-state index contributed by atoms with van der Waals surface area (Å²) in [6.45, 7) is 10.1. The van der Waals surface area contributed by atoms with Crippen molar-refractivity contribution in [1.82, 2.24) is 5.06 Å². The van der Waals surface area contributed by atoms with Gasteiger partial charge in [0.15, 0.2) is 0 Å². The van der Waals surface area contributed by atoms with Crippen LogP contribution < -0.4 is 0 Å². The molecule has 0 aliphatic carbocycles. The van der Waals surface area contributed by atoms with Crippen LogP contribution >= 0.6 is 0 Å². The lowest BCUT2D eigenvalue weighted by atomic mass is 10.1. The van der Waals surface area contributed by atoms with Gasteiger partial charge in [0.1, 0.15) is 0 Å². The number of hydroxylamine groups is 2. The first-order chi connectivity index (χ1) is 10.0. The molecule has 0 spiro atoms. The fraction of sp³-hybridized carbons (Fsp3) is 0.800. The highest BCUT2D eigenvalue weighted by atomic mass is 16.7. The van der Waals surface area contributed by atoms with Gasteiger partial charge in [0, 0.05) is 12.8 Å². The van der Waals surface area contributed by atoms with Crippen molar-refractivity contribution < 1.29 is 28.7 Å². The highest BCUT2D eigenvalue weighted by Gasteiger charge is 2.33. The minimum absolute atomic E-state index is 0.0456. The zero-order chi connectivity index (χ0) is 17.0. The second-order valence-electron chi connectivity index (χ2n) is 6.80. The molecule has 22 heavy (non-hydrogen) atoms. The Morgan fingerprint density at radius 1 is 1.05 bits per heavy atom. The first-order valence-corrected chi connectivity index (χ1v) is 7.35. The van der Waals surface area contributed by atoms with E-state index in [1.54, 1.807) is 0 Å². The number of rotatable bonds is 7. The van der Waals surface area contributed by atoms with Gasteiger partial charge in [0.25, 0.3) is 11.8 Å². The van der Waals surface area contributed by atoms with Crippen molar-refractivity contribution in [2.75, 3.05) is 13.2 Å². The zero-order valence-electron chi connectivity index (χ0n) is 13.9. The van der Waals surface area contributed by atoms with Gasteiger partial charge in [-0.2, -0.15) is 0 Å². The lowest BCUT2D eigenvalue weighted by Gasteiger charge is -2.29. The van der Waals surface area contributed by atoms with Crippen LogP contribution in [0.15, 0.2) is 0 Å². The van der Waals surface area contributed by atoms with Gasteiger partial charge in [-0.3, -0.25) is 9.59 Å². The lowest BCUT2D eigenvalue weighted by Crippen LogP contribution is -2.36. The van der Waals surface area contributed by atoms with Crippen LogP contribution in [-0.4, -0.2) is 47.3 Å². The molecule has 7 nitrogen and oxygen atoms in total. The molecule has 1 aliphatic rings. The van der Waals surface area contributed by atoms with Crippen LogP contribution in [0.25, 0.3) is 0 Å². The molecule has 1 saturated heterocycles. The number of hydrogen-bond acceptors (Lipinski definition) is 6. The second-order valence-corrected chi connectivity index (χ2v) is 6.80. The Morgan fingerprint density at radius 3 is 2.09 bits per heavy atom. The van der Waals surface area contributed by atoms with E-state index in [-0.39, 0.29) is 31.5 Å². The van der Waals surface area contributed by atoms with Gasteiger partial charge in [-0.15, -0.1) is 5.06 Å². The molecule has 1 heterocycles. The van der Waals surface area contributed by atoms with E-state index in [2.05, 4.69) is 0 Å². The van der Waals surface area contributed by atoms with Crippen LogP contribution in [-0.2, 0) is 28.7 Å². The highest BCUT2D eigenvalue weighted by Crippen LogP contribution is 2.16. The number of hydrogen-bond donors (Lipinski definition) is 0. The molecule has 2 amide bonds. The molecule has 1 rings (SSSR count). The van der Waals surface area contributed by atoms with Crippen LogP contribution in [0.4, 0.5) is 0 Å². The zero-order valence-corrected chi connectivity index (χ0v) is 13.9. The van der Waals surface area contributed by atoms with Crippen molar-refractivity contribution in [3.05, 3.63) is 0 Å². The molecule has 1 fully saturated rings. The fourth-order valence-electron chi connectivity index (χ4n) is 1.65. The van der Waals surface area contributed by atoms with Gasteiger partial charge in [-0.1, -0.05) is 0 Å². The molecular weight excluding hydrogens is 290 g/mol. The number of nitrogens with zero attached hydrogens (tertiary/aromatic N) is 1. The van der Waals surface area contributed by atoms with Crippen molar-refractivity contribution in [2.45, 2.75) is 65.1 Å². The summed E-state index contributed by atoms with van der Waals surface area (Å²) in [7, 11) is 0. The maximum Gasteiger partial charge on any atom is 0.335 e. The Labute approximate surface area is 130 Å². The average molecular weight is 315 g/mol. The molecule has 0 atom stereocenters. The first-order valence-electron chi connectivity index (χ1n) is 7.35. The number of amides is 2. The topological polar surface area (TPSA) is 82.1 Å². The highest BCUT2D eigenvalue weighted by molar-refractivity contribution is 6.01. The van der Waals surface area contributed by atoms with Crippen LogP contribution in [0.3, 0.4) is 0 Å². The second kappa shape index (κ2) is 7.19. The van der Waals surface area contributed by atoms with Crippen LogP contribution in [0.2, 0.25) is 0 Å². The van der Waals surface area contributed by atoms with Gasteiger partial charge >= 0.3 is 5.97 Å². The lowest BCUT2D eigenvalue weighted by molar-refractivity contribution is -0.199. The predicted molar refractivity (Wildman–Crippen MR) is 77.5 cm³/mol. The summed E-state index contributed by atoms with van der Waals surface area (Å²) in [6.07, 6.45) is 0.121. The molecule has 7 heteroatoms. The molecular formula is C15H25NO6. The summed E-state index contributed by atoms with van der Waals surface area (Å²) in [4.78, 5) is 39.0. The average Bonchev–Trinajstić information content (AvgIpc) is 2.67. The number of ether oxygens (including phenoxy) is 2. The van der Waals surface area contributed by atoms with E-state index in [0.717, 1.165) is 0 Å². The molecule has 0 bridgehead atoms. The fourth-order valence-corrected chi connectivity index (χ4v) is 1.65. The molecule has 0 N–H and O–H groups in total. The monoisotopic (exact) mass is 315 g/mol. The summed E-state index contributed by atoms with van der Waals surface area (Å²) in [5.74, 6) is -1.65. The standard InChI is InChI=1S/C15H25NO6/c1-14(2,3)21-10-15(4,5)20-9-8-13(19)22-16-11(17)6-7-12(16)18/h6-10H2,1-5H3. The summed E-state index contributed by atoms with van der Waals surface area (Å²) < 4.78 is 11.2. The van der Waals surface area contributed by atoms with Crippen molar-refractivity contribution >= 4 is 17.8 Å². The molecule has 0 saturated carbocycles. The Balaban J connectivity index is 2.29. The summed E-state index contributed by atoms with van der Waals surface area (Å²) in [5.41, 5.74) is -0.817. The van der Waals surface area contributed by atoms with Crippen molar-refractivity contribution in [3.8, 4) is 0 Å². The van der Waals surface area contributed by atoms with Crippen LogP contribution in [0.5, 0.6) is 0 Å². The molecule has 1 aliphatic heterocycles. The Morgan fingerprint density at radius 2 is 1.59 bits per heavy atom. The van der Waals surface area contributed by atoms with Crippen LogP contribution in [0.1, 0.15) is 53.9 Å². The molecule has 0 unspecified atom stereocenters. The summed E-state index contributed by atoms with van der Waals surface area (Å²) >= 11 is 0. The maximum absolute atomic E-state index is 11.6. The third-order valence-electron chi connectivity index (χ3n) is 2.85. The van der Waals surface area contributed by atoms with E-state index in [1.165, 1.54) is 0 Å². The Bertz CT molecular complexity index is 422. The van der Waals surface area contributed by atoms with Gasteiger partial charge in [0.2, 0.25) is 0 Å². The van der Waals surface area contributed by atoms with E-state index >= 15 is 0 Å².